The number of nitro benzene ring substituents is 1. The highest BCUT2D eigenvalue weighted by Gasteiger charge is 2.36. The zero-order valence-electron chi connectivity index (χ0n) is 14.2. The molecule has 2 aliphatic heterocycles. The molecule has 0 radical (unpaired) electrons. The number of carbonyl (C=O) groups is 3. The normalized spacial score (nSPS) is 17.3. The smallest absolute Gasteiger partial charge is 0.270 e. The molecular formula is C17H20N4O5. The van der Waals surface area contributed by atoms with Crippen molar-refractivity contribution < 1.29 is 19.3 Å². The molecule has 1 aromatic carbocycles. The molecule has 0 aliphatic carbocycles. The van der Waals surface area contributed by atoms with Crippen LogP contribution in [0.1, 0.15) is 46.4 Å². The molecule has 1 aromatic rings. The number of nitrogens with zero attached hydrogens (tertiary/aromatic N) is 2. The molecule has 26 heavy (non-hydrogen) atoms. The average Bonchev–Trinajstić information content (AvgIpc) is 2.87. The van der Waals surface area contributed by atoms with Crippen LogP contribution in [0.2, 0.25) is 0 Å². The lowest BCUT2D eigenvalue weighted by Crippen LogP contribution is -2.42. The lowest BCUT2D eigenvalue weighted by molar-refractivity contribution is -0.384. The Hall–Kier alpha value is -2.81. The summed E-state index contributed by atoms with van der Waals surface area (Å²) in [7, 11) is 0. The van der Waals surface area contributed by atoms with E-state index in [1.807, 2.05) is 0 Å². The fraction of sp³-hybridized carbons (Fsp3) is 0.471. The van der Waals surface area contributed by atoms with E-state index < -0.39 is 16.7 Å². The zero-order chi connectivity index (χ0) is 18.7. The molecule has 0 bridgehead atoms. The second-order valence-electron chi connectivity index (χ2n) is 6.44. The summed E-state index contributed by atoms with van der Waals surface area (Å²) in [6, 6.07) is 3.81. The molecule has 1 fully saturated rings. The molecule has 2 N–H and O–H groups in total. The number of amides is 3. The molecule has 0 spiro atoms. The first-order valence-corrected chi connectivity index (χ1v) is 8.62. The number of carbonyl (C=O) groups excluding carboxylic acids is 3. The standard InChI is InChI=1S/C17H20N4O5/c22-15(19-11-5-7-18-8-6-11)2-1-9-20-16(23)13-4-3-12(21(25)26)10-14(13)17(20)24/h3-4,10-11,18H,1-2,5-9H2,(H,19,22). The number of benzene rings is 1. The van der Waals surface area contributed by atoms with Gasteiger partial charge in [-0.25, -0.2) is 0 Å². The van der Waals surface area contributed by atoms with E-state index in [0.717, 1.165) is 36.9 Å². The summed E-state index contributed by atoms with van der Waals surface area (Å²) < 4.78 is 0. The predicted molar refractivity (Wildman–Crippen MR) is 91.7 cm³/mol. The van der Waals surface area contributed by atoms with Crippen LogP contribution in [0.5, 0.6) is 0 Å². The molecule has 0 atom stereocenters. The van der Waals surface area contributed by atoms with Crippen molar-refractivity contribution in [3.05, 3.63) is 39.4 Å². The number of hydrogen-bond donors (Lipinski definition) is 2. The maximum atomic E-state index is 12.3. The summed E-state index contributed by atoms with van der Waals surface area (Å²) in [6.07, 6.45) is 2.35. The molecule has 3 amide bonds. The number of fused-ring (bicyclic) bond motifs is 1. The first-order chi connectivity index (χ1) is 12.5. The Balaban J connectivity index is 1.54. The monoisotopic (exact) mass is 360 g/mol. The fourth-order valence-electron chi connectivity index (χ4n) is 3.26. The number of rotatable bonds is 6. The van der Waals surface area contributed by atoms with Crippen LogP contribution in [-0.2, 0) is 4.79 Å². The van der Waals surface area contributed by atoms with Crippen molar-refractivity contribution in [2.75, 3.05) is 19.6 Å². The van der Waals surface area contributed by atoms with Gasteiger partial charge in [0.2, 0.25) is 5.91 Å². The highest BCUT2D eigenvalue weighted by Crippen LogP contribution is 2.26. The number of imide groups is 1. The maximum Gasteiger partial charge on any atom is 0.270 e. The number of nitro groups is 1. The summed E-state index contributed by atoms with van der Waals surface area (Å²) >= 11 is 0. The minimum Gasteiger partial charge on any atom is -0.353 e. The molecule has 2 aliphatic rings. The van der Waals surface area contributed by atoms with E-state index in [-0.39, 0.29) is 41.7 Å². The van der Waals surface area contributed by atoms with Gasteiger partial charge in [0, 0.05) is 31.1 Å². The summed E-state index contributed by atoms with van der Waals surface area (Å²) in [5.41, 5.74) is -0.0174. The second-order valence-corrected chi connectivity index (χ2v) is 6.44. The second kappa shape index (κ2) is 7.61. The molecule has 9 nitrogen and oxygen atoms in total. The molecule has 2 heterocycles. The average molecular weight is 360 g/mol. The summed E-state index contributed by atoms with van der Waals surface area (Å²) in [4.78, 5) is 47.9. The number of nitrogens with one attached hydrogen (secondary N) is 2. The van der Waals surface area contributed by atoms with Gasteiger partial charge in [-0.05, 0) is 38.4 Å². The van der Waals surface area contributed by atoms with Crippen molar-refractivity contribution in [1.29, 1.82) is 0 Å². The number of non-ortho nitro benzene ring substituents is 1. The van der Waals surface area contributed by atoms with Crippen LogP contribution in [0.15, 0.2) is 18.2 Å². The van der Waals surface area contributed by atoms with Gasteiger partial charge in [-0.2, -0.15) is 0 Å². The predicted octanol–water partition coefficient (Wildman–Crippen LogP) is 0.839. The minimum atomic E-state index is -0.605. The molecule has 1 saturated heterocycles. The third kappa shape index (κ3) is 3.72. The van der Waals surface area contributed by atoms with Gasteiger partial charge in [0.15, 0.2) is 0 Å². The quantitative estimate of drug-likeness (QED) is 0.440. The highest BCUT2D eigenvalue weighted by molar-refractivity contribution is 6.21. The van der Waals surface area contributed by atoms with Crippen molar-refractivity contribution in [1.82, 2.24) is 15.5 Å². The highest BCUT2D eigenvalue weighted by atomic mass is 16.6. The van der Waals surface area contributed by atoms with Gasteiger partial charge in [-0.1, -0.05) is 0 Å². The first kappa shape index (κ1) is 18.0. The molecule has 138 valence electrons. The number of piperidine rings is 1. The van der Waals surface area contributed by atoms with Crippen LogP contribution < -0.4 is 10.6 Å². The topological polar surface area (TPSA) is 122 Å². The van der Waals surface area contributed by atoms with Gasteiger partial charge in [0.25, 0.3) is 17.5 Å². The molecule has 3 rings (SSSR count). The molecule has 0 aromatic heterocycles. The van der Waals surface area contributed by atoms with Gasteiger partial charge in [-0.3, -0.25) is 29.4 Å². The fourth-order valence-corrected chi connectivity index (χ4v) is 3.26. The van der Waals surface area contributed by atoms with Crippen LogP contribution in [0.3, 0.4) is 0 Å². The number of hydrogen-bond acceptors (Lipinski definition) is 6. The first-order valence-electron chi connectivity index (χ1n) is 8.62. The van der Waals surface area contributed by atoms with Gasteiger partial charge < -0.3 is 10.6 Å². The molecular weight excluding hydrogens is 340 g/mol. The van der Waals surface area contributed by atoms with Crippen molar-refractivity contribution in [2.45, 2.75) is 31.7 Å². The van der Waals surface area contributed by atoms with E-state index in [2.05, 4.69) is 10.6 Å². The Morgan fingerprint density at radius 1 is 1.23 bits per heavy atom. The minimum absolute atomic E-state index is 0.0448. The molecule has 9 heteroatoms. The third-order valence-corrected chi connectivity index (χ3v) is 4.65. The third-order valence-electron chi connectivity index (χ3n) is 4.65. The SMILES string of the molecule is O=C(CCCN1C(=O)c2ccc([N+](=O)[O-])cc2C1=O)NC1CCNCC1. The van der Waals surface area contributed by atoms with E-state index in [1.54, 1.807) is 0 Å². The van der Waals surface area contributed by atoms with E-state index in [9.17, 15) is 24.5 Å². The Morgan fingerprint density at radius 3 is 2.62 bits per heavy atom. The van der Waals surface area contributed by atoms with Gasteiger partial charge in [0.1, 0.15) is 0 Å². The van der Waals surface area contributed by atoms with E-state index in [4.69, 9.17) is 0 Å². The van der Waals surface area contributed by atoms with Crippen molar-refractivity contribution in [2.24, 2.45) is 0 Å². The summed E-state index contributed by atoms with van der Waals surface area (Å²) in [5, 5.41) is 17.0. The van der Waals surface area contributed by atoms with Crippen LogP contribution >= 0.6 is 0 Å². The van der Waals surface area contributed by atoms with E-state index >= 15 is 0 Å². The van der Waals surface area contributed by atoms with Gasteiger partial charge >= 0.3 is 0 Å². The van der Waals surface area contributed by atoms with Gasteiger partial charge in [0.05, 0.1) is 16.1 Å². The van der Waals surface area contributed by atoms with Crippen molar-refractivity contribution >= 4 is 23.4 Å². The lowest BCUT2D eigenvalue weighted by atomic mass is 10.1. The van der Waals surface area contributed by atoms with Crippen molar-refractivity contribution in [3.8, 4) is 0 Å². The van der Waals surface area contributed by atoms with Crippen LogP contribution in [0.4, 0.5) is 5.69 Å². The zero-order valence-corrected chi connectivity index (χ0v) is 14.2. The Labute approximate surface area is 149 Å². The Bertz CT molecular complexity index is 758. The van der Waals surface area contributed by atoms with E-state index in [0.29, 0.717) is 6.42 Å². The Morgan fingerprint density at radius 2 is 1.92 bits per heavy atom. The van der Waals surface area contributed by atoms with Crippen molar-refractivity contribution in [3.63, 3.8) is 0 Å². The van der Waals surface area contributed by atoms with E-state index in [1.165, 1.54) is 12.1 Å². The summed E-state index contributed by atoms with van der Waals surface area (Å²) in [6.45, 7) is 1.87. The molecule has 0 unspecified atom stereocenters. The largest absolute Gasteiger partial charge is 0.353 e. The maximum absolute atomic E-state index is 12.3. The van der Waals surface area contributed by atoms with Crippen LogP contribution in [-0.4, -0.2) is 53.2 Å². The molecule has 0 saturated carbocycles. The Kier molecular flexibility index (Phi) is 5.27. The summed E-state index contributed by atoms with van der Waals surface area (Å²) in [5.74, 6) is -1.12. The van der Waals surface area contributed by atoms with Gasteiger partial charge in [-0.15, -0.1) is 0 Å². The lowest BCUT2D eigenvalue weighted by Gasteiger charge is -2.23. The van der Waals surface area contributed by atoms with Crippen LogP contribution in [0.25, 0.3) is 0 Å². The van der Waals surface area contributed by atoms with Crippen LogP contribution in [0, 0.1) is 10.1 Å².